The van der Waals surface area contributed by atoms with Crippen molar-refractivity contribution in [3.63, 3.8) is 0 Å². The highest BCUT2D eigenvalue weighted by Crippen LogP contribution is 2.20. The average Bonchev–Trinajstić information content (AvgIpc) is 2.76. The van der Waals surface area contributed by atoms with E-state index in [9.17, 15) is 4.79 Å². The van der Waals surface area contributed by atoms with Crippen LogP contribution < -0.4 is 5.32 Å². The Labute approximate surface area is 104 Å². The van der Waals surface area contributed by atoms with E-state index in [2.05, 4.69) is 5.32 Å². The summed E-state index contributed by atoms with van der Waals surface area (Å²) in [5.74, 6) is 0. The van der Waals surface area contributed by atoms with Crippen molar-refractivity contribution < 1.29 is 9.53 Å². The molecule has 2 atom stereocenters. The fourth-order valence-electron chi connectivity index (χ4n) is 2.90. The maximum Gasteiger partial charge on any atom is 0.317 e. The van der Waals surface area contributed by atoms with Crippen LogP contribution in [0.15, 0.2) is 0 Å². The number of ether oxygens (including phenoxy) is 1. The van der Waals surface area contributed by atoms with Crippen molar-refractivity contribution in [1.29, 1.82) is 0 Å². The van der Waals surface area contributed by atoms with Crippen LogP contribution in [0.3, 0.4) is 0 Å². The zero-order chi connectivity index (χ0) is 12.3. The van der Waals surface area contributed by atoms with Crippen LogP contribution in [0.2, 0.25) is 0 Å². The molecule has 1 aliphatic carbocycles. The summed E-state index contributed by atoms with van der Waals surface area (Å²) in [6.07, 6.45) is 7.20. The molecule has 0 radical (unpaired) electrons. The molecule has 1 saturated heterocycles. The van der Waals surface area contributed by atoms with Gasteiger partial charge in [-0.2, -0.15) is 0 Å². The lowest BCUT2D eigenvalue weighted by Gasteiger charge is -2.30. The van der Waals surface area contributed by atoms with Crippen molar-refractivity contribution in [2.24, 2.45) is 0 Å². The van der Waals surface area contributed by atoms with Gasteiger partial charge in [-0.1, -0.05) is 19.3 Å². The van der Waals surface area contributed by atoms with Crippen LogP contribution in [0, 0.1) is 0 Å². The fraction of sp³-hybridized carbons (Fsp3) is 0.923. The molecule has 1 aliphatic heterocycles. The molecular weight excluding hydrogens is 216 g/mol. The molecule has 17 heavy (non-hydrogen) atoms. The molecule has 2 aliphatic rings. The van der Waals surface area contributed by atoms with E-state index < -0.39 is 0 Å². The third kappa shape index (κ3) is 3.12. The first-order chi connectivity index (χ1) is 8.18. The monoisotopic (exact) mass is 240 g/mol. The molecule has 0 aromatic rings. The van der Waals surface area contributed by atoms with Gasteiger partial charge in [-0.15, -0.1) is 0 Å². The van der Waals surface area contributed by atoms with Crippen molar-refractivity contribution in [3.8, 4) is 0 Å². The van der Waals surface area contributed by atoms with Crippen LogP contribution in [-0.2, 0) is 4.74 Å². The summed E-state index contributed by atoms with van der Waals surface area (Å²) < 4.78 is 5.51. The predicted octanol–water partition coefficient (Wildman–Crippen LogP) is 2.14. The minimum Gasteiger partial charge on any atom is -0.376 e. The molecule has 0 aromatic heterocycles. The van der Waals surface area contributed by atoms with Gasteiger partial charge in [0.15, 0.2) is 0 Å². The Morgan fingerprint density at radius 1 is 1.24 bits per heavy atom. The van der Waals surface area contributed by atoms with Crippen LogP contribution in [0.25, 0.3) is 0 Å². The molecule has 0 bridgehead atoms. The number of nitrogens with zero attached hydrogens (tertiary/aromatic N) is 1. The lowest BCUT2D eigenvalue weighted by atomic mass is 9.96. The molecule has 4 heteroatoms. The van der Waals surface area contributed by atoms with Crippen LogP contribution in [0.4, 0.5) is 4.79 Å². The third-order valence-electron chi connectivity index (χ3n) is 4.09. The van der Waals surface area contributed by atoms with Crippen molar-refractivity contribution in [1.82, 2.24) is 10.2 Å². The molecule has 0 aromatic carbocycles. The summed E-state index contributed by atoms with van der Waals surface area (Å²) in [6, 6.07) is 0.689. The van der Waals surface area contributed by atoms with Crippen molar-refractivity contribution in [3.05, 3.63) is 0 Å². The van der Waals surface area contributed by atoms with E-state index in [1.807, 2.05) is 18.9 Å². The number of urea groups is 1. The number of likely N-dealkylation sites (N-methyl/N-ethyl adjacent to an activating group) is 1. The van der Waals surface area contributed by atoms with E-state index in [0.717, 1.165) is 25.9 Å². The van der Waals surface area contributed by atoms with E-state index in [0.29, 0.717) is 6.04 Å². The Kier molecular flexibility index (Phi) is 4.26. The van der Waals surface area contributed by atoms with Gasteiger partial charge < -0.3 is 15.0 Å². The van der Waals surface area contributed by atoms with Crippen molar-refractivity contribution in [2.75, 3.05) is 13.7 Å². The minimum absolute atomic E-state index is 0.0688. The zero-order valence-corrected chi connectivity index (χ0v) is 10.9. The van der Waals surface area contributed by atoms with E-state index in [4.69, 9.17) is 4.74 Å². The van der Waals surface area contributed by atoms with Gasteiger partial charge in [0.1, 0.15) is 0 Å². The molecule has 0 spiro atoms. The molecule has 2 unspecified atom stereocenters. The van der Waals surface area contributed by atoms with E-state index in [1.165, 1.54) is 19.3 Å². The van der Waals surface area contributed by atoms with Crippen LogP contribution in [0.1, 0.15) is 45.4 Å². The topological polar surface area (TPSA) is 41.6 Å². The summed E-state index contributed by atoms with van der Waals surface area (Å²) in [7, 11) is 1.88. The summed E-state index contributed by atoms with van der Waals surface area (Å²) >= 11 is 0. The summed E-state index contributed by atoms with van der Waals surface area (Å²) in [6.45, 7) is 2.81. The molecule has 1 saturated carbocycles. The number of hydrogen-bond acceptors (Lipinski definition) is 2. The maximum absolute atomic E-state index is 12.1. The Bertz CT molecular complexity index is 264. The summed E-state index contributed by atoms with van der Waals surface area (Å²) in [4.78, 5) is 13.9. The van der Waals surface area contributed by atoms with Crippen molar-refractivity contribution >= 4 is 6.03 Å². The second kappa shape index (κ2) is 5.71. The Hall–Kier alpha value is -0.770. The number of nitrogens with one attached hydrogen (secondary N) is 1. The second-order valence-corrected chi connectivity index (χ2v) is 5.33. The third-order valence-corrected chi connectivity index (χ3v) is 4.09. The number of hydrogen-bond donors (Lipinski definition) is 1. The molecule has 2 amide bonds. The highest BCUT2D eigenvalue weighted by Gasteiger charge is 2.31. The predicted molar refractivity (Wildman–Crippen MR) is 67.0 cm³/mol. The van der Waals surface area contributed by atoms with Gasteiger partial charge in [0.05, 0.1) is 12.1 Å². The van der Waals surface area contributed by atoms with Gasteiger partial charge in [0.2, 0.25) is 0 Å². The summed E-state index contributed by atoms with van der Waals surface area (Å²) in [5.41, 5.74) is 0. The van der Waals surface area contributed by atoms with Crippen molar-refractivity contribution in [2.45, 2.75) is 63.6 Å². The van der Waals surface area contributed by atoms with Gasteiger partial charge in [0.25, 0.3) is 0 Å². The van der Waals surface area contributed by atoms with Crippen LogP contribution in [-0.4, -0.2) is 42.8 Å². The largest absolute Gasteiger partial charge is 0.376 e. The molecule has 1 heterocycles. The van der Waals surface area contributed by atoms with Gasteiger partial charge in [-0.05, 0) is 26.2 Å². The Morgan fingerprint density at radius 3 is 2.53 bits per heavy atom. The van der Waals surface area contributed by atoms with Gasteiger partial charge >= 0.3 is 6.03 Å². The first-order valence-corrected chi connectivity index (χ1v) is 6.83. The highest BCUT2D eigenvalue weighted by atomic mass is 16.5. The van der Waals surface area contributed by atoms with E-state index in [1.54, 1.807) is 0 Å². The smallest absolute Gasteiger partial charge is 0.317 e. The average molecular weight is 240 g/mol. The molecular formula is C13H24N2O2. The fourth-order valence-corrected chi connectivity index (χ4v) is 2.90. The number of rotatable bonds is 2. The molecule has 2 rings (SSSR count). The van der Waals surface area contributed by atoms with Gasteiger partial charge in [-0.3, -0.25) is 0 Å². The Balaban J connectivity index is 1.81. The standard InChI is InChI=1S/C13H24N2O2/c1-10-12(8-9-17-10)15(2)13(16)14-11-6-4-3-5-7-11/h10-12H,3-9H2,1-2H3,(H,14,16). The molecule has 1 N–H and O–H groups in total. The van der Waals surface area contributed by atoms with Gasteiger partial charge in [-0.25, -0.2) is 4.79 Å². The Morgan fingerprint density at radius 2 is 1.94 bits per heavy atom. The first kappa shape index (κ1) is 12.7. The normalized spacial score (nSPS) is 30.2. The minimum atomic E-state index is 0.0688. The molecule has 2 fully saturated rings. The lowest BCUT2D eigenvalue weighted by molar-refractivity contribution is 0.0898. The maximum atomic E-state index is 12.1. The van der Waals surface area contributed by atoms with Crippen LogP contribution in [0.5, 0.6) is 0 Å². The van der Waals surface area contributed by atoms with E-state index in [-0.39, 0.29) is 18.2 Å². The first-order valence-electron chi connectivity index (χ1n) is 6.83. The highest BCUT2D eigenvalue weighted by molar-refractivity contribution is 5.74. The van der Waals surface area contributed by atoms with Gasteiger partial charge in [0, 0.05) is 19.7 Å². The zero-order valence-electron chi connectivity index (χ0n) is 10.9. The second-order valence-electron chi connectivity index (χ2n) is 5.33. The number of carbonyl (C=O) groups excluding carboxylic acids is 1. The molecule has 98 valence electrons. The number of carbonyl (C=O) groups is 1. The quantitative estimate of drug-likeness (QED) is 0.803. The number of amides is 2. The van der Waals surface area contributed by atoms with E-state index >= 15 is 0 Å². The molecule has 4 nitrogen and oxygen atoms in total. The SMILES string of the molecule is CC1OCCC1N(C)C(=O)NC1CCCCC1. The van der Waals surface area contributed by atoms with Crippen LogP contribution >= 0.6 is 0 Å². The lowest BCUT2D eigenvalue weighted by Crippen LogP contribution is -2.49. The summed E-state index contributed by atoms with van der Waals surface area (Å²) in [5, 5.41) is 3.15.